The zero-order valence-electron chi connectivity index (χ0n) is 18.7. The smallest absolute Gasteiger partial charge is 0.177 e. The van der Waals surface area contributed by atoms with Crippen LogP contribution in [0.15, 0.2) is 12.1 Å². The van der Waals surface area contributed by atoms with Crippen LogP contribution in [0.5, 0.6) is 0 Å². The normalized spacial score (nSPS) is 21.2. The van der Waals surface area contributed by atoms with Crippen molar-refractivity contribution in [2.24, 2.45) is 12.8 Å². The fourth-order valence-corrected chi connectivity index (χ4v) is 5.05. The molecule has 4 aromatic rings. The summed E-state index contributed by atoms with van der Waals surface area (Å²) in [7, 11) is 3.68. The topological polar surface area (TPSA) is 122 Å². The van der Waals surface area contributed by atoms with Gasteiger partial charge in [-0.1, -0.05) is 17.7 Å². The van der Waals surface area contributed by atoms with Gasteiger partial charge in [-0.25, -0.2) is 14.4 Å². The van der Waals surface area contributed by atoms with E-state index in [-0.39, 0.29) is 12.6 Å². The van der Waals surface area contributed by atoms with Gasteiger partial charge in [0, 0.05) is 37.1 Å². The lowest BCUT2D eigenvalue weighted by Gasteiger charge is -2.36. The minimum atomic E-state index is -0.982. The lowest BCUT2D eigenvalue weighted by atomic mass is 9.89. The first-order valence-electron chi connectivity index (χ1n) is 10.9. The number of benzene rings is 1. The first-order valence-corrected chi connectivity index (χ1v) is 11.3. The average molecular weight is 473 g/mol. The van der Waals surface area contributed by atoms with Gasteiger partial charge in [0.2, 0.25) is 0 Å². The molecule has 174 valence electrons. The fourth-order valence-electron chi connectivity index (χ4n) is 4.78. The minimum absolute atomic E-state index is 0.0174. The second kappa shape index (κ2) is 8.19. The van der Waals surface area contributed by atoms with E-state index in [4.69, 9.17) is 27.3 Å². The number of hydrogen-bond acceptors (Lipinski definition) is 7. The number of nitrogens with two attached hydrogens (primary N) is 1. The number of fused-ring (bicyclic) bond motifs is 2. The van der Waals surface area contributed by atoms with Crippen molar-refractivity contribution in [3.05, 3.63) is 28.5 Å². The molecule has 33 heavy (non-hydrogen) atoms. The average Bonchev–Trinajstić information content (AvgIpc) is 3.34. The highest BCUT2D eigenvalue weighted by molar-refractivity contribution is 6.35. The largest absolute Gasteiger partial charge is 0.390 e. The van der Waals surface area contributed by atoms with Crippen LogP contribution < -0.4 is 10.6 Å². The first kappa shape index (κ1) is 22.0. The summed E-state index contributed by atoms with van der Waals surface area (Å²) in [6.07, 6.45) is 0.605. The Morgan fingerprint density at radius 3 is 2.85 bits per heavy atom. The van der Waals surface area contributed by atoms with E-state index in [0.717, 1.165) is 22.0 Å². The number of H-pyrrole nitrogens is 1. The summed E-state index contributed by atoms with van der Waals surface area (Å²) < 4.78 is 15.5. The van der Waals surface area contributed by atoms with Crippen molar-refractivity contribution < 1.29 is 9.50 Å². The minimum Gasteiger partial charge on any atom is -0.390 e. The number of anilines is 1. The number of aryl methyl sites for hydroxylation is 2. The second-order valence-electron chi connectivity index (χ2n) is 8.73. The molecule has 4 N–H and O–H groups in total. The number of hydrogen-bond donors (Lipinski definition) is 3. The fraction of sp³-hybridized carbons (Fsp3) is 0.455. The van der Waals surface area contributed by atoms with Gasteiger partial charge in [-0.05, 0) is 37.8 Å². The Bertz CT molecular complexity index is 1350. The van der Waals surface area contributed by atoms with E-state index in [1.165, 1.54) is 0 Å². The molecule has 1 aliphatic carbocycles. The molecule has 0 bridgehead atoms. The van der Waals surface area contributed by atoms with Crippen molar-refractivity contribution in [2.75, 3.05) is 11.9 Å². The number of rotatable bonds is 4. The van der Waals surface area contributed by atoms with Gasteiger partial charge in [0.05, 0.1) is 12.1 Å². The van der Waals surface area contributed by atoms with Crippen molar-refractivity contribution in [3.8, 4) is 11.3 Å². The lowest BCUT2D eigenvalue weighted by Crippen LogP contribution is -2.46. The molecular formula is C22H26ClFN8O. The van der Waals surface area contributed by atoms with Gasteiger partial charge in [0.15, 0.2) is 11.5 Å². The molecule has 5 rings (SSSR count). The number of aliphatic hydroxyl groups is 1. The molecule has 0 radical (unpaired) electrons. The third-order valence-electron chi connectivity index (χ3n) is 6.71. The highest BCUT2D eigenvalue weighted by atomic mass is 35.5. The number of halogens is 2. The maximum Gasteiger partial charge on any atom is 0.177 e. The monoisotopic (exact) mass is 472 g/mol. The maximum absolute atomic E-state index is 13.9. The summed E-state index contributed by atoms with van der Waals surface area (Å²) in [5.41, 5.74) is 10.7. The molecule has 1 saturated carbocycles. The standard InChI is InChI=1S/C22H26ClFN8O/c1-10-12(5-7-15-17(10)20(23)32(3)30-15)18-19-21(29-28-18)27-22(16(9-33)26-19)31(2)11-4-6-13(24)14(25)8-11/h5,7,11,13-14,33H,4,6,8-9,25H2,1-3H3,(H,27,28,29)/t11-,13-,14+/m1/s1. The number of nitrogens with one attached hydrogen (secondary N) is 1. The summed E-state index contributed by atoms with van der Waals surface area (Å²) >= 11 is 6.47. The third kappa shape index (κ3) is 3.53. The zero-order chi connectivity index (χ0) is 23.4. The molecule has 0 unspecified atom stereocenters. The lowest BCUT2D eigenvalue weighted by molar-refractivity contribution is 0.201. The van der Waals surface area contributed by atoms with Crippen LogP contribution >= 0.6 is 11.6 Å². The van der Waals surface area contributed by atoms with Gasteiger partial charge in [0.25, 0.3) is 0 Å². The SMILES string of the molecule is Cc1c(-c2n[nH]c3nc(N(C)[C@@H]4CC[C@@H](F)[C@@H](N)C4)c(CO)nc23)ccc2nn(C)c(Cl)c12. The number of aliphatic hydroxyl groups excluding tert-OH is 1. The van der Waals surface area contributed by atoms with Crippen molar-refractivity contribution >= 4 is 39.5 Å². The Morgan fingerprint density at radius 1 is 1.33 bits per heavy atom. The van der Waals surface area contributed by atoms with Crippen LogP contribution in [-0.4, -0.2) is 60.4 Å². The van der Waals surface area contributed by atoms with Crippen LogP contribution in [0.1, 0.15) is 30.5 Å². The van der Waals surface area contributed by atoms with E-state index in [0.29, 0.717) is 52.8 Å². The van der Waals surface area contributed by atoms with Crippen LogP contribution in [0, 0.1) is 6.92 Å². The zero-order valence-corrected chi connectivity index (χ0v) is 19.4. The molecule has 9 nitrogen and oxygen atoms in total. The molecule has 0 amide bonds. The van der Waals surface area contributed by atoms with Crippen molar-refractivity contribution in [1.29, 1.82) is 0 Å². The molecule has 1 aliphatic rings. The molecule has 0 spiro atoms. The van der Waals surface area contributed by atoms with E-state index in [1.807, 2.05) is 31.0 Å². The van der Waals surface area contributed by atoms with Gasteiger partial charge in [-0.15, -0.1) is 0 Å². The van der Waals surface area contributed by atoms with Crippen LogP contribution in [0.4, 0.5) is 10.2 Å². The number of aromatic amines is 1. The summed E-state index contributed by atoms with van der Waals surface area (Å²) in [5, 5.41) is 23.4. The van der Waals surface area contributed by atoms with Gasteiger partial charge >= 0.3 is 0 Å². The van der Waals surface area contributed by atoms with Crippen LogP contribution in [-0.2, 0) is 13.7 Å². The van der Waals surface area contributed by atoms with Crippen molar-refractivity contribution in [2.45, 2.75) is 51.0 Å². The van der Waals surface area contributed by atoms with E-state index >= 15 is 0 Å². The van der Waals surface area contributed by atoms with E-state index in [1.54, 1.807) is 11.7 Å². The van der Waals surface area contributed by atoms with Crippen LogP contribution in [0.3, 0.4) is 0 Å². The Labute approximate surface area is 194 Å². The maximum atomic E-state index is 13.9. The quantitative estimate of drug-likeness (QED) is 0.417. The Balaban J connectivity index is 1.58. The van der Waals surface area contributed by atoms with Crippen molar-refractivity contribution in [1.82, 2.24) is 29.9 Å². The highest BCUT2D eigenvalue weighted by Crippen LogP contribution is 2.36. The predicted octanol–water partition coefficient (Wildman–Crippen LogP) is 3.01. The second-order valence-corrected chi connectivity index (χ2v) is 9.08. The van der Waals surface area contributed by atoms with Gasteiger partial charge in [0.1, 0.15) is 28.2 Å². The number of alkyl halides is 1. The van der Waals surface area contributed by atoms with E-state index in [2.05, 4.69) is 15.3 Å². The molecule has 0 aliphatic heterocycles. The van der Waals surface area contributed by atoms with Crippen LogP contribution in [0.2, 0.25) is 5.15 Å². The number of nitrogens with zero attached hydrogens (tertiary/aromatic N) is 6. The Hall–Kier alpha value is -2.82. The van der Waals surface area contributed by atoms with Gasteiger partial charge in [-0.2, -0.15) is 10.2 Å². The summed E-state index contributed by atoms with van der Waals surface area (Å²) in [6.45, 7) is 1.68. The van der Waals surface area contributed by atoms with E-state index < -0.39 is 12.2 Å². The Kier molecular flexibility index (Phi) is 5.46. The van der Waals surface area contributed by atoms with Gasteiger partial charge < -0.3 is 15.7 Å². The first-order chi connectivity index (χ1) is 15.8. The predicted molar refractivity (Wildman–Crippen MR) is 126 cm³/mol. The molecular weight excluding hydrogens is 447 g/mol. The van der Waals surface area contributed by atoms with Crippen molar-refractivity contribution in [3.63, 3.8) is 0 Å². The summed E-state index contributed by atoms with van der Waals surface area (Å²) in [5.74, 6) is 0.539. The summed E-state index contributed by atoms with van der Waals surface area (Å²) in [4.78, 5) is 11.4. The third-order valence-corrected chi connectivity index (χ3v) is 7.14. The molecule has 3 aromatic heterocycles. The Morgan fingerprint density at radius 2 is 2.12 bits per heavy atom. The summed E-state index contributed by atoms with van der Waals surface area (Å²) in [6, 6.07) is 3.35. The number of aromatic nitrogens is 6. The van der Waals surface area contributed by atoms with Gasteiger partial charge in [-0.3, -0.25) is 9.78 Å². The molecule has 3 atom stereocenters. The van der Waals surface area contributed by atoms with E-state index in [9.17, 15) is 9.50 Å². The molecule has 11 heteroatoms. The molecule has 1 aromatic carbocycles. The molecule has 0 saturated heterocycles. The highest BCUT2D eigenvalue weighted by Gasteiger charge is 2.32. The molecule has 3 heterocycles. The van der Waals surface area contributed by atoms with Crippen LogP contribution in [0.25, 0.3) is 33.3 Å². The molecule has 1 fully saturated rings.